The van der Waals surface area contributed by atoms with Gasteiger partial charge < -0.3 is 10.0 Å². The number of hydrogen-bond acceptors (Lipinski definition) is 2. The number of rotatable bonds is 2. The van der Waals surface area contributed by atoms with Crippen LogP contribution in [0.1, 0.15) is 23.2 Å². The third kappa shape index (κ3) is 2.87. The molecule has 0 spiro atoms. The van der Waals surface area contributed by atoms with E-state index in [1.807, 2.05) is 0 Å². The Bertz CT molecular complexity index is 521. The van der Waals surface area contributed by atoms with Crippen LogP contribution in [0.2, 0.25) is 5.02 Å². The fourth-order valence-electron chi connectivity index (χ4n) is 2.20. The first-order valence-corrected chi connectivity index (χ1v) is 6.34. The number of halogens is 2. The molecule has 0 saturated carbocycles. The van der Waals surface area contributed by atoms with Gasteiger partial charge in [0, 0.05) is 13.1 Å². The molecule has 1 aliphatic heterocycles. The summed E-state index contributed by atoms with van der Waals surface area (Å²) >= 11 is 5.64. The first-order valence-electron chi connectivity index (χ1n) is 5.97. The van der Waals surface area contributed by atoms with Gasteiger partial charge >= 0.3 is 5.97 Å². The van der Waals surface area contributed by atoms with Crippen LogP contribution in [-0.4, -0.2) is 35.0 Å². The lowest BCUT2D eigenvalue weighted by Gasteiger charge is -2.30. The maximum Gasteiger partial charge on any atom is 0.308 e. The zero-order valence-corrected chi connectivity index (χ0v) is 10.9. The minimum absolute atomic E-state index is 0.111. The second-order valence-corrected chi connectivity index (χ2v) is 4.94. The Labute approximate surface area is 114 Å². The molecule has 1 aromatic carbocycles. The molecular weight excluding hydrogens is 273 g/mol. The van der Waals surface area contributed by atoms with Gasteiger partial charge in [-0.25, -0.2) is 4.39 Å². The smallest absolute Gasteiger partial charge is 0.308 e. The molecule has 0 aliphatic carbocycles. The van der Waals surface area contributed by atoms with Gasteiger partial charge in [-0.3, -0.25) is 9.59 Å². The van der Waals surface area contributed by atoms with Gasteiger partial charge in [0.1, 0.15) is 0 Å². The van der Waals surface area contributed by atoms with E-state index >= 15 is 0 Å². The summed E-state index contributed by atoms with van der Waals surface area (Å²) in [6.07, 6.45) is 1.14. The summed E-state index contributed by atoms with van der Waals surface area (Å²) in [5, 5.41) is 8.86. The minimum atomic E-state index is -0.927. The van der Waals surface area contributed by atoms with Gasteiger partial charge in [0.05, 0.1) is 16.5 Å². The predicted octanol–water partition coefficient (Wildman–Crippen LogP) is 2.42. The van der Waals surface area contributed by atoms with Gasteiger partial charge in [-0.2, -0.15) is 0 Å². The molecule has 1 amide bonds. The number of carbonyl (C=O) groups excluding carboxylic acids is 1. The second-order valence-electron chi connectivity index (χ2n) is 4.53. The van der Waals surface area contributed by atoms with Crippen LogP contribution in [0.5, 0.6) is 0 Å². The summed E-state index contributed by atoms with van der Waals surface area (Å²) < 4.78 is 13.8. The highest BCUT2D eigenvalue weighted by atomic mass is 35.5. The third-order valence-electron chi connectivity index (χ3n) is 3.24. The number of carbonyl (C=O) groups is 2. The topological polar surface area (TPSA) is 57.6 Å². The standard InChI is InChI=1S/C13H13ClFNO3/c14-10-5-1-4-9(11(10)15)12(17)16-6-2-3-8(7-16)13(18)19/h1,4-5,8H,2-3,6-7H2,(H,18,19)/t8-/m0/s1. The Kier molecular flexibility index (Phi) is 4.04. The van der Waals surface area contributed by atoms with Crippen LogP contribution in [-0.2, 0) is 4.79 Å². The molecule has 0 radical (unpaired) electrons. The van der Waals surface area contributed by atoms with Crippen LogP contribution in [0, 0.1) is 11.7 Å². The number of carboxylic acid groups (broad SMARTS) is 1. The van der Waals surface area contributed by atoms with Crippen LogP contribution in [0.3, 0.4) is 0 Å². The largest absolute Gasteiger partial charge is 0.481 e. The Morgan fingerprint density at radius 1 is 1.42 bits per heavy atom. The van der Waals surface area contributed by atoms with E-state index in [1.54, 1.807) is 0 Å². The Balaban J connectivity index is 2.19. The van der Waals surface area contributed by atoms with Gasteiger partial charge in [-0.05, 0) is 25.0 Å². The van der Waals surface area contributed by atoms with Crippen molar-refractivity contribution in [3.05, 3.63) is 34.6 Å². The summed E-state index contributed by atoms with van der Waals surface area (Å²) in [7, 11) is 0. The van der Waals surface area contributed by atoms with E-state index in [-0.39, 0.29) is 17.1 Å². The van der Waals surface area contributed by atoms with Crippen molar-refractivity contribution in [2.45, 2.75) is 12.8 Å². The summed E-state index contributed by atoms with van der Waals surface area (Å²) in [6, 6.07) is 4.22. The number of aliphatic carboxylic acids is 1. The molecule has 0 aromatic heterocycles. The average Bonchev–Trinajstić information content (AvgIpc) is 2.41. The van der Waals surface area contributed by atoms with Crippen molar-refractivity contribution in [1.82, 2.24) is 4.90 Å². The highest BCUT2D eigenvalue weighted by molar-refractivity contribution is 6.31. The van der Waals surface area contributed by atoms with Crippen molar-refractivity contribution in [2.24, 2.45) is 5.92 Å². The Morgan fingerprint density at radius 3 is 2.84 bits per heavy atom. The van der Waals surface area contributed by atoms with Crippen LogP contribution in [0.25, 0.3) is 0 Å². The molecule has 1 saturated heterocycles. The normalized spacial score (nSPS) is 19.3. The number of amides is 1. The molecule has 102 valence electrons. The average molecular weight is 286 g/mol. The molecule has 0 unspecified atom stereocenters. The molecule has 1 N–H and O–H groups in total. The van der Waals surface area contributed by atoms with Gasteiger partial charge in [0.15, 0.2) is 5.82 Å². The molecule has 6 heteroatoms. The lowest BCUT2D eigenvalue weighted by molar-refractivity contribution is -0.143. The molecule has 4 nitrogen and oxygen atoms in total. The van der Waals surface area contributed by atoms with Crippen molar-refractivity contribution < 1.29 is 19.1 Å². The Hall–Kier alpha value is -1.62. The second kappa shape index (κ2) is 5.57. The Morgan fingerprint density at radius 2 is 2.16 bits per heavy atom. The van der Waals surface area contributed by atoms with E-state index in [4.69, 9.17) is 16.7 Å². The third-order valence-corrected chi connectivity index (χ3v) is 3.53. The minimum Gasteiger partial charge on any atom is -0.481 e. The number of carboxylic acids is 1. The zero-order valence-electron chi connectivity index (χ0n) is 10.1. The van der Waals surface area contributed by atoms with Crippen LogP contribution in [0.15, 0.2) is 18.2 Å². The summed E-state index contributed by atoms with van der Waals surface area (Å²) in [4.78, 5) is 24.5. The van der Waals surface area contributed by atoms with Gasteiger partial charge in [-0.1, -0.05) is 17.7 Å². The summed E-state index contributed by atoms with van der Waals surface area (Å²) in [5.41, 5.74) is -0.112. The first kappa shape index (κ1) is 13.8. The molecule has 2 rings (SSSR count). The quantitative estimate of drug-likeness (QED) is 0.908. The molecule has 1 aromatic rings. The SMILES string of the molecule is O=C(O)[C@H]1CCCN(C(=O)c2cccc(Cl)c2F)C1. The molecule has 1 atom stereocenters. The highest BCUT2D eigenvalue weighted by Gasteiger charge is 2.29. The molecule has 0 bridgehead atoms. The zero-order chi connectivity index (χ0) is 14.0. The number of hydrogen-bond donors (Lipinski definition) is 1. The maximum absolute atomic E-state index is 13.8. The van der Waals surface area contributed by atoms with Crippen molar-refractivity contribution in [2.75, 3.05) is 13.1 Å². The lowest BCUT2D eigenvalue weighted by atomic mass is 9.97. The molecular formula is C13H13ClFNO3. The molecule has 1 fully saturated rings. The predicted molar refractivity (Wildman–Crippen MR) is 67.7 cm³/mol. The summed E-state index contributed by atoms with van der Waals surface area (Å²) in [6.45, 7) is 0.550. The van der Waals surface area contributed by atoms with Gasteiger partial charge in [0.2, 0.25) is 0 Å². The van der Waals surface area contributed by atoms with E-state index < -0.39 is 23.6 Å². The number of nitrogens with zero attached hydrogens (tertiary/aromatic N) is 1. The van der Waals surface area contributed by atoms with Crippen molar-refractivity contribution >= 4 is 23.5 Å². The van der Waals surface area contributed by atoms with E-state index in [0.29, 0.717) is 19.4 Å². The molecule has 19 heavy (non-hydrogen) atoms. The maximum atomic E-state index is 13.8. The van der Waals surface area contributed by atoms with Crippen molar-refractivity contribution in [3.63, 3.8) is 0 Å². The van der Waals surface area contributed by atoms with Gasteiger partial charge in [-0.15, -0.1) is 0 Å². The summed E-state index contributed by atoms with van der Waals surface area (Å²) in [5.74, 6) is -2.78. The molecule has 1 aliphatic rings. The van der Waals surface area contributed by atoms with E-state index in [1.165, 1.54) is 23.1 Å². The fourth-order valence-corrected chi connectivity index (χ4v) is 2.38. The number of likely N-dealkylation sites (tertiary alicyclic amines) is 1. The fraction of sp³-hybridized carbons (Fsp3) is 0.385. The molecule has 1 heterocycles. The van der Waals surface area contributed by atoms with Crippen LogP contribution in [0.4, 0.5) is 4.39 Å². The van der Waals surface area contributed by atoms with Crippen molar-refractivity contribution in [3.8, 4) is 0 Å². The van der Waals surface area contributed by atoms with E-state index in [2.05, 4.69) is 0 Å². The lowest BCUT2D eigenvalue weighted by Crippen LogP contribution is -2.42. The van der Waals surface area contributed by atoms with Gasteiger partial charge in [0.25, 0.3) is 5.91 Å². The highest BCUT2D eigenvalue weighted by Crippen LogP contribution is 2.22. The van der Waals surface area contributed by atoms with E-state index in [0.717, 1.165) is 0 Å². The van der Waals surface area contributed by atoms with Crippen molar-refractivity contribution in [1.29, 1.82) is 0 Å². The number of piperidine rings is 1. The first-order chi connectivity index (χ1) is 9.00. The number of benzene rings is 1. The van der Waals surface area contributed by atoms with Crippen LogP contribution < -0.4 is 0 Å². The van der Waals surface area contributed by atoms with E-state index in [9.17, 15) is 14.0 Å². The monoisotopic (exact) mass is 285 g/mol. The van der Waals surface area contributed by atoms with Crippen LogP contribution >= 0.6 is 11.6 Å².